The van der Waals surface area contributed by atoms with E-state index in [4.69, 9.17) is 9.47 Å². The van der Waals surface area contributed by atoms with Gasteiger partial charge >= 0.3 is 0 Å². The lowest BCUT2D eigenvalue weighted by atomic mass is 10.1. The average molecular weight is 564 g/mol. The van der Waals surface area contributed by atoms with Gasteiger partial charge in [0.15, 0.2) is 16.9 Å². The third kappa shape index (κ3) is 6.81. The highest BCUT2D eigenvalue weighted by Gasteiger charge is 2.14. The van der Waals surface area contributed by atoms with E-state index < -0.39 is 0 Å². The fourth-order valence-electron chi connectivity index (χ4n) is 5.25. The Hall–Kier alpha value is -4.62. The Bertz CT molecular complexity index is 1730. The van der Waals surface area contributed by atoms with E-state index in [-0.39, 0.29) is 11.3 Å². The van der Waals surface area contributed by atoms with Crippen molar-refractivity contribution in [1.82, 2.24) is 10.3 Å². The summed E-state index contributed by atoms with van der Waals surface area (Å²) in [7, 11) is 3.31. The molecule has 216 valence electrons. The second-order valence-electron chi connectivity index (χ2n) is 10.4. The van der Waals surface area contributed by atoms with E-state index in [0.29, 0.717) is 27.4 Å². The van der Waals surface area contributed by atoms with Gasteiger partial charge in [-0.15, -0.1) is 0 Å². The van der Waals surface area contributed by atoms with Crippen molar-refractivity contribution in [1.29, 1.82) is 0 Å². The number of H-pyrrole nitrogens is 1. The Balaban J connectivity index is 1.06. The summed E-state index contributed by atoms with van der Waals surface area (Å²) in [6, 6.07) is 26.7. The number of rotatable bonds is 13. The van der Waals surface area contributed by atoms with E-state index in [1.807, 2.05) is 42.5 Å². The molecule has 0 saturated carbocycles. The topological polar surface area (TPSA) is 92.5 Å². The van der Waals surface area contributed by atoms with E-state index in [2.05, 4.69) is 33.8 Å². The number of unbranched alkanes of at least 4 members (excludes halogenated alkanes) is 1. The quantitative estimate of drug-likeness (QED) is 0.112. The fraction of sp³-hybridized carbons (Fsp3) is 0.257. The van der Waals surface area contributed by atoms with Crippen LogP contribution < -0.4 is 25.5 Å². The first-order valence-electron chi connectivity index (χ1n) is 14.4. The molecule has 1 aromatic heterocycles. The van der Waals surface area contributed by atoms with Crippen LogP contribution in [0.4, 0.5) is 5.69 Å². The van der Waals surface area contributed by atoms with Gasteiger partial charge in [-0.1, -0.05) is 36.4 Å². The molecule has 0 aliphatic heterocycles. The van der Waals surface area contributed by atoms with Crippen LogP contribution in [-0.2, 0) is 12.8 Å². The number of aryl methyl sites for hydroxylation is 2. The molecule has 5 aromatic rings. The molecular weight excluding hydrogens is 526 g/mol. The van der Waals surface area contributed by atoms with E-state index in [1.165, 1.54) is 11.1 Å². The fourth-order valence-corrected chi connectivity index (χ4v) is 5.25. The van der Waals surface area contributed by atoms with Crippen LogP contribution in [0.3, 0.4) is 0 Å². The second-order valence-corrected chi connectivity index (χ2v) is 10.4. The normalized spacial score (nSPS) is 11.1. The van der Waals surface area contributed by atoms with Gasteiger partial charge in [0, 0.05) is 22.0 Å². The number of carbonyl (C=O) groups is 1. The van der Waals surface area contributed by atoms with Crippen molar-refractivity contribution in [3.05, 3.63) is 112 Å². The van der Waals surface area contributed by atoms with Crippen molar-refractivity contribution in [3.63, 3.8) is 0 Å². The van der Waals surface area contributed by atoms with Crippen LogP contribution in [0.2, 0.25) is 0 Å². The lowest BCUT2D eigenvalue weighted by Crippen LogP contribution is -2.17. The number of para-hydroxylation sites is 2. The SMILES string of the molecule is COc1ccc(CCCNCCCCc2ccc(NC(=O)c3cccc4c(=O)c5ccccc5[nH]c34)cc2)cc1OC. The van der Waals surface area contributed by atoms with Crippen LogP contribution in [0.25, 0.3) is 21.8 Å². The van der Waals surface area contributed by atoms with Gasteiger partial charge in [0.1, 0.15) is 0 Å². The number of aromatic nitrogens is 1. The summed E-state index contributed by atoms with van der Waals surface area (Å²) in [5, 5.41) is 7.64. The van der Waals surface area contributed by atoms with Crippen LogP contribution in [0, 0.1) is 0 Å². The molecule has 0 aliphatic carbocycles. The summed E-state index contributed by atoms with van der Waals surface area (Å²) < 4.78 is 10.7. The maximum absolute atomic E-state index is 13.2. The molecular formula is C35H37N3O4. The molecule has 42 heavy (non-hydrogen) atoms. The van der Waals surface area contributed by atoms with Crippen molar-refractivity contribution >= 4 is 33.4 Å². The summed E-state index contributed by atoms with van der Waals surface area (Å²) in [5.41, 5.74) is 4.82. The van der Waals surface area contributed by atoms with Gasteiger partial charge in [0.2, 0.25) is 0 Å². The summed E-state index contributed by atoms with van der Waals surface area (Å²) >= 11 is 0. The molecule has 7 heteroatoms. The number of anilines is 1. The molecule has 0 atom stereocenters. The number of hydrogen-bond donors (Lipinski definition) is 3. The molecule has 0 spiro atoms. The van der Waals surface area contributed by atoms with E-state index in [0.717, 1.165) is 62.4 Å². The number of nitrogens with one attached hydrogen (secondary N) is 3. The van der Waals surface area contributed by atoms with Gasteiger partial charge in [-0.2, -0.15) is 0 Å². The third-order valence-electron chi connectivity index (χ3n) is 7.53. The second kappa shape index (κ2) is 13.8. The lowest BCUT2D eigenvalue weighted by Gasteiger charge is -2.10. The predicted octanol–water partition coefficient (Wildman–Crippen LogP) is 6.50. The Kier molecular flexibility index (Phi) is 9.51. The highest BCUT2D eigenvalue weighted by molar-refractivity contribution is 6.13. The van der Waals surface area contributed by atoms with Gasteiger partial charge in [-0.25, -0.2) is 0 Å². The van der Waals surface area contributed by atoms with Crippen molar-refractivity contribution in [2.24, 2.45) is 0 Å². The van der Waals surface area contributed by atoms with Crippen molar-refractivity contribution in [2.45, 2.75) is 32.1 Å². The van der Waals surface area contributed by atoms with Gasteiger partial charge in [0.25, 0.3) is 5.91 Å². The molecule has 7 nitrogen and oxygen atoms in total. The molecule has 0 unspecified atom stereocenters. The summed E-state index contributed by atoms with van der Waals surface area (Å²) in [5.74, 6) is 1.28. The summed E-state index contributed by atoms with van der Waals surface area (Å²) in [6.07, 6.45) is 5.23. The Morgan fingerprint density at radius 3 is 2.26 bits per heavy atom. The van der Waals surface area contributed by atoms with Gasteiger partial charge in [-0.3, -0.25) is 9.59 Å². The number of amides is 1. The van der Waals surface area contributed by atoms with Gasteiger partial charge in [0.05, 0.1) is 25.3 Å². The molecule has 0 fully saturated rings. The van der Waals surface area contributed by atoms with Crippen LogP contribution in [0.5, 0.6) is 11.5 Å². The largest absolute Gasteiger partial charge is 0.493 e. The Morgan fingerprint density at radius 1 is 0.738 bits per heavy atom. The highest BCUT2D eigenvalue weighted by atomic mass is 16.5. The van der Waals surface area contributed by atoms with Gasteiger partial charge in [-0.05, 0) is 105 Å². The number of aromatic amines is 1. The summed E-state index contributed by atoms with van der Waals surface area (Å²) in [4.78, 5) is 29.4. The number of hydrogen-bond acceptors (Lipinski definition) is 5. The first-order chi connectivity index (χ1) is 20.6. The first kappa shape index (κ1) is 28.9. The number of carbonyl (C=O) groups excluding carboxylic acids is 1. The molecule has 3 N–H and O–H groups in total. The number of ether oxygens (including phenoxy) is 2. The molecule has 0 bridgehead atoms. The van der Waals surface area contributed by atoms with E-state index in [1.54, 1.807) is 38.5 Å². The number of methoxy groups -OCH3 is 2. The van der Waals surface area contributed by atoms with Crippen molar-refractivity contribution in [3.8, 4) is 11.5 Å². The standard InChI is InChI=1S/C35H37N3O4/c1-41-31-20-17-25(23-32(31)42-2)10-8-22-36-21-6-5-9-24-15-18-26(19-16-24)37-35(40)29-13-7-12-28-33(29)38-30-14-4-3-11-27(30)34(28)39/h3-4,7,11-20,23,36H,5-6,8-10,21-22H2,1-2H3,(H,37,40)(H,38,39). The van der Waals surface area contributed by atoms with Crippen molar-refractivity contribution in [2.75, 3.05) is 32.6 Å². The predicted molar refractivity (Wildman–Crippen MR) is 170 cm³/mol. The number of pyridine rings is 1. The van der Waals surface area contributed by atoms with Crippen LogP contribution in [0.15, 0.2) is 89.7 Å². The summed E-state index contributed by atoms with van der Waals surface area (Å²) in [6.45, 7) is 1.96. The molecule has 1 amide bonds. The maximum atomic E-state index is 13.2. The molecule has 0 saturated heterocycles. The minimum Gasteiger partial charge on any atom is -0.493 e. The maximum Gasteiger partial charge on any atom is 0.257 e. The minimum absolute atomic E-state index is 0.0804. The zero-order valence-electron chi connectivity index (χ0n) is 24.2. The number of fused-ring (bicyclic) bond motifs is 2. The molecule has 0 radical (unpaired) electrons. The molecule has 5 rings (SSSR count). The van der Waals surface area contributed by atoms with Crippen molar-refractivity contribution < 1.29 is 14.3 Å². The van der Waals surface area contributed by atoms with E-state index in [9.17, 15) is 9.59 Å². The number of benzene rings is 4. The highest BCUT2D eigenvalue weighted by Crippen LogP contribution is 2.28. The van der Waals surface area contributed by atoms with Crippen LogP contribution >= 0.6 is 0 Å². The van der Waals surface area contributed by atoms with Gasteiger partial charge < -0.3 is 25.1 Å². The van der Waals surface area contributed by atoms with E-state index >= 15 is 0 Å². The first-order valence-corrected chi connectivity index (χ1v) is 14.4. The average Bonchev–Trinajstić information content (AvgIpc) is 3.02. The molecule has 0 aliphatic rings. The monoisotopic (exact) mass is 563 g/mol. The smallest absolute Gasteiger partial charge is 0.257 e. The Morgan fingerprint density at radius 2 is 1.45 bits per heavy atom. The Labute approximate surface area is 245 Å². The zero-order valence-corrected chi connectivity index (χ0v) is 24.2. The molecule has 4 aromatic carbocycles. The zero-order chi connectivity index (χ0) is 29.3. The third-order valence-corrected chi connectivity index (χ3v) is 7.53. The molecule has 1 heterocycles. The lowest BCUT2D eigenvalue weighted by molar-refractivity contribution is 0.102. The van der Waals surface area contributed by atoms with Crippen LogP contribution in [0.1, 0.15) is 40.7 Å². The minimum atomic E-state index is -0.253. The van der Waals surface area contributed by atoms with Crippen LogP contribution in [-0.4, -0.2) is 38.2 Å².